The number of hydrogen-bond donors (Lipinski definition) is 1. The van der Waals surface area contributed by atoms with Crippen LogP contribution in [0.15, 0.2) is 66.7 Å². The molecule has 1 heterocycles. The molecular weight excluding hydrogens is 424 g/mol. The van der Waals surface area contributed by atoms with Crippen molar-refractivity contribution in [1.82, 2.24) is 5.32 Å². The fraction of sp³-hybridized carbons (Fsp3) is 0.345. The highest BCUT2D eigenvalue weighted by molar-refractivity contribution is 5.94. The maximum absolute atomic E-state index is 12.9. The van der Waals surface area contributed by atoms with E-state index in [1.807, 2.05) is 51.1 Å². The smallest absolute Gasteiger partial charge is 0.251 e. The molecule has 0 aromatic heterocycles. The number of rotatable bonds is 9. The average Bonchev–Trinajstić information content (AvgIpc) is 2.86. The van der Waals surface area contributed by atoms with Crippen molar-refractivity contribution in [3.63, 3.8) is 0 Å². The maximum atomic E-state index is 12.9. The Morgan fingerprint density at radius 3 is 2.47 bits per heavy atom. The molecule has 0 fully saturated rings. The topological polar surface area (TPSA) is 50.8 Å². The molecule has 1 atom stereocenters. The summed E-state index contributed by atoms with van der Waals surface area (Å²) in [5.41, 5.74) is 5.58. The largest absolute Gasteiger partial charge is 0.490 e. The van der Waals surface area contributed by atoms with Gasteiger partial charge in [-0.05, 0) is 80.6 Å². The Morgan fingerprint density at radius 2 is 1.71 bits per heavy atom. The Balaban J connectivity index is 1.40. The number of carbonyl (C=O) groups excluding carboxylic acids is 1. The molecule has 0 saturated heterocycles. The standard InChI is InChI=1S/C29H34N2O3/c1-4-33-27-17-16-25(19-28(27)34-5-2)21(3)30-29(32)24-14-12-22(13-15-24)20-31-18-8-10-23-9-6-7-11-26(23)31/h6-7,9,11-17,19,21H,4-5,8,10,18,20H2,1-3H3,(H,30,32)/t21-/m0/s1. The number of ether oxygens (including phenoxy) is 2. The van der Waals surface area contributed by atoms with Crippen molar-refractivity contribution in [2.45, 2.75) is 46.2 Å². The normalized spacial score (nSPS) is 13.7. The summed E-state index contributed by atoms with van der Waals surface area (Å²) in [7, 11) is 0. The highest BCUT2D eigenvalue weighted by Crippen LogP contribution is 2.31. The number of fused-ring (bicyclic) bond motifs is 1. The lowest BCUT2D eigenvalue weighted by Crippen LogP contribution is -2.29. The number of benzene rings is 3. The molecule has 34 heavy (non-hydrogen) atoms. The van der Waals surface area contributed by atoms with Gasteiger partial charge in [-0.2, -0.15) is 0 Å². The number of amides is 1. The van der Waals surface area contributed by atoms with Crippen LogP contribution in [0.3, 0.4) is 0 Å². The number of nitrogens with one attached hydrogen (secondary N) is 1. The third kappa shape index (κ3) is 5.53. The monoisotopic (exact) mass is 458 g/mol. The van der Waals surface area contributed by atoms with Gasteiger partial charge >= 0.3 is 0 Å². The molecule has 0 unspecified atom stereocenters. The fourth-order valence-electron chi connectivity index (χ4n) is 4.46. The second kappa shape index (κ2) is 11.1. The molecule has 1 aliphatic heterocycles. The lowest BCUT2D eigenvalue weighted by atomic mass is 10.0. The molecule has 0 spiro atoms. The van der Waals surface area contributed by atoms with E-state index in [1.165, 1.54) is 23.2 Å². The minimum absolute atomic E-state index is 0.0887. The highest BCUT2D eigenvalue weighted by Gasteiger charge is 2.17. The SMILES string of the molecule is CCOc1ccc([C@H](C)NC(=O)c2ccc(CN3CCCc4ccccc43)cc2)cc1OCC. The molecule has 0 radical (unpaired) electrons. The van der Waals surface area contributed by atoms with Gasteiger partial charge in [0.1, 0.15) is 0 Å². The van der Waals surface area contributed by atoms with E-state index in [0.717, 1.165) is 30.8 Å². The Morgan fingerprint density at radius 1 is 0.971 bits per heavy atom. The summed E-state index contributed by atoms with van der Waals surface area (Å²) in [4.78, 5) is 15.3. The quantitative estimate of drug-likeness (QED) is 0.432. The van der Waals surface area contributed by atoms with Gasteiger partial charge in [-0.1, -0.05) is 36.4 Å². The van der Waals surface area contributed by atoms with E-state index in [9.17, 15) is 4.79 Å². The fourth-order valence-corrected chi connectivity index (χ4v) is 4.46. The molecule has 0 aliphatic carbocycles. The van der Waals surface area contributed by atoms with Crippen LogP contribution in [0.25, 0.3) is 0 Å². The van der Waals surface area contributed by atoms with Gasteiger partial charge in [0.05, 0.1) is 19.3 Å². The van der Waals surface area contributed by atoms with E-state index >= 15 is 0 Å². The van der Waals surface area contributed by atoms with Crippen molar-refractivity contribution in [2.24, 2.45) is 0 Å². The number of anilines is 1. The van der Waals surface area contributed by atoms with Gasteiger partial charge in [-0.15, -0.1) is 0 Å². The zero-order valence-electron chi connectivity index (χ0n) is 20.3. The van der Waals surface area contributed by atoms with Crippen molar-refractivity contribution in [2.75, 3.05) is 24.7 Å². The molecule has 0 saturated carbocycles. The Bertz CT molecular complexity index is 1110. The van der Waals surface area contributed by atoms with E-state index in [4.69, 9.17) is 9.47 Å². The lowest BCUT2D eigenvalue weighted by molar-refractivity contribution is 0.0940. The molecule has 1 N–H and O–H groups in total. The zero-order valence-corrected chi connectivity index (χ0v) is 20.3. The Hall–Kier alpha value is -3.47. The van der Waals surface area contributed by atoms with E-state index in [1.54, 1.807) is 0 Å². The Labute approximate surface area is 202 Å². The first-order valence-corrected chi connectivity index (χ1v) is 12.2. The predicted octanol–water partition coefficient (Wildman–Crippen LogP) is 5.93. The van der Waals surface area contributed by atoms with E-state index in [2.05, 4.69) is 46.6 Å². The van der Waals surface area contributed by atoms with Gasteiger partial charge in [0.25, 0.3) is 5.91 Å². The van der Waals surface area contributed by atoms with Gasteiger partial charge in [-0.3, -0.25) is 4.79 Å². The second-order valence-corrected chi connectivity index (χ2v) is 8.62. The molecular formula is C29H34N2O3. The minimum Gasteiger partial charge on any atom is -0.490 e. The van der Waals surface area contributed by atoms with Crippen LogP contribution >= 0.6 is 0 Å². The van der Waals surface area contributed by atoms with Crippen LogP contribution in [0.2, 0.25) is 0 Å². The first-order chi connectivity index (χ1) is 16.6. The summed E-state index contributed by atoms with van der Waals surface area (Å²) in [5, 5.41) is 3.10. The van der Waals surface area contributed by atoms with Crippen LogP contribution in [-0.2, 0) is 13.0 Å². The molecule has 5 nitrogen and oxygen atoms in total. The highest BCUT2D eigenvalue weighted by atomic mass is 16.5. The van der Waals surface area contributed by atoms with Crippen molar-refractivity contribution < 1.29 is 14.3 Å². The van der Waals surface area contributed by atoms with Crippen LogP contribution < -0.4 is 19.7 Å². The van der Waals surface area contributed by atoms with Gasteiger partial charge in [-0.25, -0.2) is 0 Å². The predicted molar refractivity (Wildman–Crippen MR) is 137 cm³/mol. The first kappa shape index (κ1) is 23.7. The number of para-hydroxylation sites is 1. The van der Waals surface area contributed by atoms with E-state index in [0.29, 0.717) is 24.5 Å². The maximum Gasteiger partial charge on any atom is 0.251 e. The van der Waals surface area contributed by atoms with Gasteiger partial charge in [0, 0.05) is 24.3 Å². The van der Waals surface area contributed by atoms with Crippen LogP contribution in [0.5, 0.6) is 11.5 Å². The van der Waals surface area contributed by atoms with Crippen molar-refractivity contribution in [3.05, 3.63) is 89.0 Å². The summed E-state index contributed by atoms with van der Waals surface area (Å²) >= 11 is 0. The average molecular weight is 459 g/mol. The van der Waals surface area contributed by atoms with E-state index < -0.39 is 0 Å². The molecule has 0 bridgehead atoms. The van der Waals surface area contributed by atoms with Crippen molar-refractivity contribution in [1.29, 1.82) is 0 Å². The summed E-state index contributed by atoms with van der Waals surface area (Å²) < 4.78 is 11.4. The summed E-state index contributed by atoms with van der Waals surface area (Å²) in [6.07, 6.45) is 2.32. The molecule has 4 rings (SSSR count). The van der Waals surface area contributed by atoms with Crippen molar-refractivity contribution >= 4 is 11.6 Å². The number of carbonyl (C=O) groups is 1. The summed E-state index contributed by atoms with van der Waals surface area (Å²) in [6.45, 7) is 8.91. The lowest BCUT2D eigenvalue weighted by Gasteiger charge is -2.31. The minimum atomic E-state index is -0.160. The molecule has 1 aliphatic rings. The molecule has 3 aromatic carbocycles. The molecule has 1 amide bonds. The van der Waals surface area contributed by atoms with Crippen LogP contribution in [-0.4, -0.2) is 25.7 Å². The molecule has 178 valence electrons. The third-order valence-corrected chi connectivity index (χ3v) is 6.21. The van der Waals surface area contributed by atoms with Crippen LogP contribution in [0.4, 0.5) is 5.69 Å². The number of aryl methyl sites for hydroxylation is 1. The van der Waals surface area contributed by atoms with Crippen LogP contribution in [0, 0.1) is 0 Å². The molecule has 3 aromatic rings. The second-order valence-electron chi connectivity index (χ2n) is 8.62. The van der Waals surface area contributed by atoms with E-state index in [-0.39, 0.29) is 11.9 Å². The number of nitrogens with zero attached hydrogens (tertiary/aromatic N) is 1. The van der Waals surface area contributed by atoms with Gasteiger partial charge in [0.15, 0.2) is 11.5 Å². The number of hydrogen-bond acceptors (Lipinski definition) is 4. The van der Waals surface area contributed by atoms with Crippen LogP contribution in [0.1, 0.15) is 60.3 Å². The zero-order chi connectivity index (χ0) is 23.9. The van der Waals surface area contributed by atoms with Crippen molar-refractivity contribution in [3.8, 4) is 11.5 Å². The van der Waals surface area contributed by atoms with Gasteiger partial charge in [0.2, 0.25) is 0 Å². The third-order valence-electron chi connectivity index (χ3n) is 6.21. The molecule has 5 heteroatoms. The summed E-state index contributed by atoms with van der Waals surface area (Å²) in [5.74, 6) is 1.33. The summed E-state index contributed by atoms with van der Waals surface area (Å²) in [6, 6.07) is 22.2. The Kier molecular flexibility index (Phi) is 7.73. The first-order valence-electron chi connectivity index (χ1n) is 12.2. The van der Waals surface area contributed by atoms with Gasteiger partial charge < -0.3 is 19.7 Å².